The molecule has 1 rings (SSSR count). The highest BCUT2D eigenvalue weighted by molar-refractivity contribution is 7.80. The van der Waals surface area contributed by atoms with E-state index in [9.17, 15) is 4.79 Å². The number of hydrogen-bond acceptors (Lipinski definition) is 2. The molecule has 0 atom stereocenters. The Balaban J connectivity index is 2.70. The van der Waals surface area contributed by atoms with E-state index in [0.717, 1.165) is 25.9 Å². The van der Waals surface area contributed by atoms with Crippen LogP contribution >= 0.6 is 12.2 Å². The fraction of sp³-hybridized carbons (Fsp3) is 0.778. The third-order valence-electron chi connectivity index (χ3n) is 2.54. The van der Waals surface area contributed by atoms with Gasteiger partial charge < -0.3 is 10.6 Å². The van der Waals surface area contributed by atoms with Gasteiger partial charge in [0.15, 0.2) is 0 Å². The number of hydrogen-bond donors (Lipinski definition) is 1. The van der Waals surface area contributed by atoms with Crippen molar-refractivity contribution in [1.82, 2.24) is 4.90 Å². The number of thiocarbonyl (C=S) groups is 1. The van der Waals surface area contributed by atoms with Gasteiger partial charge in [-0.1, -0.05) is 12.2 Å². The lowest BCUT2D eigenvalue weighted by Gasteiger charge is -2.27. The fourth-order valence-electron chi connectivity index (χ4n) is 1.42. The Morgan fingerprint density at radius 2 is 1.85 bits per heavy atom. The highest BCUT2D eigenvalue weighted by Crippen LogP contribution is 2.22. The first-order chi connectivity index (χ1) is 5.96. The van der Waals surface area contributed by atoms with E-state index in [1.165, 1.54) is 0 Å². The van der Waals surface area contributed by atoms with E-state index in [1.807, 2.05) is 4.90 Å². The van der Waals surface area contributed by atoms with Crippen LogP contribution in [0.25, 0.3) is 0 Å². The Kier molecular flexibility index (Phi) is 2.91. The lowest BCUT2D eigenvalue weighted by Crippen LogP contribution is -2.46. The van der Waals surface area contributed by atoms with E-state index >= 15 is 0 Å². The largest absolute Gasteiger partial charge is 0.392 e. The maximum Gasteiger partial charge on any atom is 0.235 e. The van der Waals surface area contributed by atoms with Gasteiger partial charge in [-0.3, -0.25) is 4.79 Å². The zero-order valence-electron chi connectivity index (χ0n) is 8.17. The van der Waals surface area contributed by atoms with Crippen molar-refractivity contribution in [2.24, 2.45) is 11.1 Å². The van der Waals surface area contributed by atoms with Crippen LogP contribution in [0.3, 0.4) is 0 Å². The highest BCUT2D eigenvalue weighted by atomic mass is 32.1. The van der Waals surface area contributed by atoms with Gasteiger partial charge in [-0.2, -0.15) is 0 Å². The molecule has 1 aliphatic heterocycles. The van der Waals surface area contributed by atoms with E-state index in [-0.39, 0.29) is 10.9 Å². The second kappa shape index (κ2) is 3.62. The van der Waals surface area contributed by atoms with Crippen LogP contribution in [0, 0.1) is 5.41 Å². The molecule has 1 fully saturated rings. The molecule has 3 nitrogen and oxygen atoms in total. The number of carbonyl (C=O) groups excluding carboxylic acids is 1. The minimum absolute atomic E-state index is 0.0671. The molecule has 0 aromatic rings. The molecule has 0 saturated carbocycles. The Morgan fingerprint density at radius 1 is 1.38 bits per heavy atom. The van der Waals surface area contributed by atoms with Gasteiger partial charge in [0, 0.05) is 13.1 Å². The molecule has 2 N–H and O–H groups in total. The van der Waals surface area contributed by atoms with Crippen LogP contribution in [-0.2, 0) is 4.79 Å². The summed E-state index contributed by atoms with van der Waals surface area (Å²) in [7, 11) is 0. The van der Waals surface area contributed by atoms with Crippen LogP contribution in [0.4, 0.5) is 0 Å². The fourth-order valence-corrected chi connectivity index (χ4v) is 1.51. The molecular formula is C9H16N2OS. The molecule has 1 heterocycles. The van der Waals surface area contributed by atoms with E-state index < -0.39 is 5.41 Å². The zero-order chi connectivity index (χ0) is 10.1. The smallest absolute Gasteiger partial charge is 0.235 e. The third-order valence-corrected chi connectivity index (χ3v) is 3.05. The quantitative estimate of drug-likeness (QED) is 0.674. The Morgan fingerprint density at radius 3 is 2.23 bits per heavy atom. The number of nitrogens with two attached hydrogens (primary N) is 1. The van der Waals surface area contributed by atoms with Gasteiger partial charge in [0.2, 0.25) is 5.91 Å². The molecule has 0 aromatic heterocycles. The van der Waals surface area contributed by atoms with E-state index in [1.54, 1.807) is 13.8 Å². The summed E-state index contributed by atoms with van der Waals surface area (Å²) in [4.78, 5) is 14.0. The summed E-state index contributed by atoms with van der Waals surface area (Å²) in [6.07, 6.45) is 2.19. The summed E-state index contributed by atoms with van der Waals surface area (Å²) < 4.78 is 0. The van der Waals surface area contributed by atoms with Gasteiger partial charge in [-0.25, -0.2) is 0 Å². The van der Waals surface area contributed by atoms with Crippen LogP contribution in [-0.4, -0.2) is 28.9 Å². The van der Waals surface area contributed by atoms with Crippen molar-refractivity contribution in [3.63, 3.8) is 0 Å². The van der Waals surface area contributed by atoms with E-state index in [4.69, 9.17) is 18.0 Å². The molecular weight excluding hydrogens is 184 g/mol. The predicted octanol–water partition coefficient (Wildman–Crippen LogP) is 0.921. The van der Waals surface area contributed by atoms with Crippen LogP contribution in [0.5, 0.6) is 0 Å². The summed E-state index contributed by atoms with van der Waals surface area (Å²) in [5.41, 5.74) is 4.84. The van der Waals surface area contributed by atoms with Gasteiger partial charge >= 0.3 is 0 Å². The molecule has 13 heavy (non-hydrogen) atoms. The first-order valence-corrected chi connectivity index (χ1v) is 4.96. The second-order valence-electron chi connectivity index (χ2n) is 3.99. The topological polar surface area (TPSA) is 46.3 Å². The van der Waals surface area contributed by atoms with Crippen molar-refractivity contribution in [1.29, 1.82) is 0 Å². The lowest BCUT2D eigenvalue weighted by molar-refractivity contribution is -0.135. The lowest BCUT2D eigenvalue weighted by atomic mass is 9.92. The molecule has 1 aliphatic rings. The maximum atomic E-state index is 11.9. The number of likely N-dealkylation sites (tertiary alicyclic amines) is 1. The second-order valence-corrected chi connectivity index (χ2v) is 4.43. The molecule has 0 aromatic carbocycles. The van der Waals surface area contributed by atoms with Crippen molar-refractivity contribution in [3.8, 4) is 0 Å². The molecule has 74 valence electrons. The Labute approximate surface area is 84.3 Å². The maximum absolute atomic E-state index is 11.9. The van der Waals surface area contributed by atoms with Crippen LogP contribution in [0.15, 0.2) is 0 Å². The first kappa shape index (κ1) is 10.4. The van der Waals surface area contributed by atoms with Crippen molar-refractivity contribution < 1.29 is 4.79 Å². The van der Waals surface area contributed by atoms with Gasteiger partial charge in [-0.15, -0.1) is 0 Å². The summed E-state index contributed by atoms with van der Waals surface area (Å²) in [5.74, 6) is 0.0671. The van der Waals surface area contributed by atoms with Crippen LogP contribution in [0.1, 0.15) is 26.7 Å². The Hall–Kier alpha value is -0.640. The molecule has 0 radical (unpaired) electrons. The number of rotatable bonds is 2. The molecule has 0 bridgehead atoms. The summed E-state index contributed by atoms with van der Waals surface area (Å²) in [6, 6.07) is 0. The number of carbonyl (C=O) groups is 1. The van der Waals surface area contributed by atoms with E-state index in [2.05, 4.69) is 0 Å². The molecule has 0 aliphatic carbocycles. The summed E-state index contributed by atoms with van der Waals surface area (Å²) in [6.45, 7) is 5.28. The van der Waals surface area contributed by atoms with Gasteiger partial charge in [0.05, 0.1) is 10.4 Å². The van der Waals surface area contributed by atoms with Gasteiger partial charge in [0.1, 0.15) is 0 Å². The Bertz CT molecular complexity index is 232. The summed E-state index contributed by atoms with van der Waals surface area (Å²) >= 11 is 4.87. The van der Waals surface area contributed by atoms with Gasteiger partial charge in [0.25, 0.3) is 0 Å². The molecule has 1 amide bonds. The SMILES string of the molecule is CC(C)(C(=O)N1CCCC1)C(N)=S. The monoisotopic (exact) mass is 200 g/mol. The number of nitrogens with zero attached hydrogens (tertiary/aromatic N) is 1. The van der Waals surface area contributed by atoms with Crippen LogP contribution < -0.4 is 5.73 Å². The average Bonchev–Trinajstić information content (AvgIpc) is 2.54. The number of amides is 1. The van der Waals surface area contributed by atoms with Crippen LogP contribution in [0.2, 0.25) is 0 Å². The highest BCUT2D eigenvalue weighted by Gasteiger charge is 2.35. The molecule has 4 heteroatoms. The summed E-state index contributed by atoms with van der Waals surface area (Å²) in [5, 5.41) is 0. The predicted molar refractivity (Wildman–Crippen MR) is 56.4 cm³/mol. The third kappa shape index (κ3) is 1.99. The molecule has 0 spiro atoms. The van der Waals surface area contributed by atoms with Crippen molar-refractivity contribution >= 4 is 23.1 Å². The zero-order valence-corrected chi connectivity index (χ0v) is 8.99. The van der Waals surface area contributed by atoms with Crippen molar-refractivity contribution in [3.05, 3.63) is 0 Å². The van der Waals surface area contributed by atoms with Crippen molar-refractivity contribution in [2.75, 3.05) is 13.1 Å². The standard InChI is InChI=1S/C9H16N2OS/c1-9(2,7(10)13)8(12)11-5-3-4-6-11/h3-6H2,1-2H3,(H2,10,13). The normalized spacial score (nSPS) is 17.5. The van der Waals surface area contributed by atoms with Crippen molar-refractivity contribution in [2.45, 2.75) is 26.7 Å². The van der Waals surface area contributed by atoms with Gasteiger partial charge in [-0.05, 0) is 26.7 Å². The average molecular weight is 200 g/mol. The minimum Gasteiger partial charge on any atom is -0.392 e. The van der Waals surface area contributed by atoms with E-state index in [0.29, 0.717) is 0 Å². The molecule has 0 unspecified atom stereocenters. The minimum atomic E-state index is -0.681. The first-order valence-electron chi connectivity index (χ1n) is 4.55. The molecule has 1 saturated heterocycles.